The third-order valence-corrected chi connectivity index (χ3v) is 3.05. The molecular formula is C10H8BrN3S. The maximum atomic E-state index is 4.14. The average molecular weight is 282 g/mol. The Morgan fingerprint density at radius 2 is 2.00 bits per heavy atom. The lowest BCUT2D eigenvalue weighted by Crippen LogP contribution is -1.86. The molecule has 0 radical (unpaired) electrons. The predicted molar refractivity (Wildman–Crippen MR) is 63.5 cm³/mol. The lowest BCUT2D eigenvalue weighted by molar-refractivity contribution is 0.966. The maximum Gasteiger partial charge on any atom is 0.187 e. The van der Waals surface area contributed by atoms with Gasteiger partial charge < -0.3 is 0 Å². The number of halogens is 1. The Morgan fingerprint density at radius 1 is 1.20 bits per heavy atom. The van der Waals surface area contributed by atoms with Crippen LogP contribution in [0.25, 0.3) is 0 Å². The molecule has 3 nitrogen and oxygen atoms in total. The van der Waals surface area contributed by atoms with E-state index in [9.17, 15) is 0 Å². The van der Waals surface area contributed by atoms with Gasteiger partial charge in [-0.3, -0.25) is 4.98 Å². The van der Waals surface area contributed by atoms with Crippen LogP contribution in [0.3, 0.4) is 0 Å². The molecule has 0 fully saturated rings. The molecule has 0 saturated carbocycles. The fraction of sp³-hybridized carbons (Fsp3) is 0.100. The van der Waals surface area contributed by atoms with Crippen LogP contribution in [0.4, 0.5) is 0 Å². The molecule has 0 amide bonds. The SMILES string of the molecule is Brc1cncc(CSc2ncccn2)c1. The van der Waals surface area contributed by atoms with Crippen LogP contribution in [0.2, 0.25) is 0 Å². The summed E-state index contributed by atoms with van der Waals surface area (Å²) in [5.41, 5.74) is 1.15. The van der Waals surface area contributed by atoms with Gasteiger partial charge >= 0.3 is 0 Å². The highest BCUT2D eigenvalue weighted by Gasteiger charge is 1.98. The topological polar surface area (TPSA) is 38.7 Å². The van der Waals surface area contributed by atoms with Gasteiger partial charge in [-0.25, -0.2) is 9.97 Å². The van der Waals surface area contributed by atoms with E-state index in [1.807, 2.05) is 18.3 Å². The van der Waals surface area contributed by atoms with E-state index in [2.05, 4.69) is 30.9 Å². The van der Waals surface area contributed by atoms with Crippen LogP contribution < -0.4 is 0 Å². The minimum absolute atomic E-state index is 0.789. The molecule has 0 unspecified atom stereocenters. The van der Waals surface area contributed by atoms with E-state index in [1.165, 1.54) is 0 Å². The predicted octanol–water partition coefficient (Wildman–Crippen LogP) is 2.93. The standard InChI is InChI=1S/C10H8BrN3S/c11-9-4-8(5-12-6-9)7-15-10-13-2-1-3-14-10/h1-6H,7H2. The van der Waals surface area contributed by atoms with E-state index in [0.29, 0.717) is 0 Å². The monoisotopic (exact) mass is 281 g/mol. The van der Waals surface area contributed by atoms with E-state index in [4.69, 9.17) is 0 Å². The zero-order valence-corrected chi connectivity index (χ0v) is 10.2. The smallest absolute Gasteiger partial charge is 0.187 e. The Kier molecular flexibility index (Phi) is 3.69. The Balaban J connectivity index is 1.99. The summed E-state index contributed by atoms with van der Waals surface area (Å²) in [5.74, 6) is 0.830. The molecule has 2 rings (SSSR count). The molecule has 0 bridgehead atoms. The molecule has 0 aromatic carbocycles. The van der Waals surface area contributed by atoms with E-state index >= 15 is 0 Å². The first-order valence-corrected chi connectivity index (χ1v) is 6.12. The molecule has 76 valence electrons. The second-order valence-corrected chi connectivity index (χ2v) is 4.69. The highest BCUT2D eigenvalue weighted by atomic mass is 79.9. The van der Waals surface area contributed by atoms with Gasteiger partial charge in [0, 0.05) is 35.0 Å². The van der Waals surface area contributed by atoms with Crippen molar-refractivity contribution in [2.45, 2.75) is 10.9 Å². The number of pyridine rings is 1. The second kappa shape index (κ2) is 5.23. The van der Waals surface area contributed by atoms with Gasteiger partial charge in [0.15, 0.2) is 5.16 Å². The third-order valence-electron chi connectivity index (χ3n) is 1.67. The summed E-state index contributed by atoms with van der Waals surface area (Å²) in [6.45, 7) is 0. The molecule has 15 heavy (non-hydrogen) atoms. The zero-order valence-electron chi connectivity index (χ0n) is 7.80. The van der Waals surface area contributed by atoms with Gasteiger partial charge in [-0.15, -0.1) is 0 Å². The van der Waals surface area contributed by atoms with Crippen molar-refractivity contribution in [2.24, 2.45) is 0 Å². The minimum atomic E-state index is 0.789. The molecule has 2 aromatic rings. The molecule has 0 N–H and O–H groups in total. The van der Waals surface area contributed by atoms with E-state index in [1.54, 1.807) is 30.4 Å². The van der Waals surface area contributed by atoms with Crippen molar-refractivity contribution in [1.82, 2.24) is 15.0 Å². The van der Waals surface area contributed by atoms with Gasteiger partial charge in [0.25, 0.3) is 0 Å². The summed E-state index contributed by atoms with van der Waals surface area (Å²) in [5, 5.41) is 0.789. The molecule has 0 aliphatic rings. The van der Waals surface area contributed by atoms with Crippen molar-refractivity contribution in [2.75, 3.05) is 0 Å². The first-order chi connectivity index (χ1) is 7.34. The number of hydrogen-bond acceptors (Lipinski definition) is 4. The Morgan fingerprint density at radius 3 is 2.73 bits per heavy atom. The van der Waals surface area contributed by atoms with Crippen molar-refractivity contribution in [3.05, 3.63) is 47.0 Å². The van der Waals surface area contributed by atoms with Crippen LogP contribution in [0.1, 0.15) is 5.56 Å². The van der Waals surface area contributed by atoms with Crippen LogP contribution in [-0.2, 0) is 5.75 Å². The largest absolute Gasteiger partial charge is 0.263 e. The molecule has 0 saturated heterocycles. The molecule has 0 aliphatic carbocycles. The van der Waals surface area contributed by atoms with Gasteiger partial charge in [-0.05, 0) is 33.6 Å². The summed E-state index contributed by atoms with van der Waals surface area (Å²) in [4.78, 5) is 12.4. The van der Waals surface area contributed by atoms with Crippen LogP contribution in [-0.4, -0.2) is 15.0 Å². The number of rotatable bonds is 3. The summed E-state index contributed by atoms with van der Waals surface area (Å²) in [7, 11) is 0. The molecule has 0 spiro atoms. The summed E-state index contributed by atoms with van der Waals surface area (Å²) < 4.78 is 0.995. The molecule has 0 aliphatic heterocycles. The third kappa shape index (κ3) is 3.28. The van der Waals surface area contributed by atoms with Gasteiger partial charge in [0.2, 0.25) is 0 Å². The second-order valence-electron chi connectivity index (χ2n) is 2.83. The molecular weight excluding hydrogens is 274 g/mol. The lowest BCUT2D eigenvalue weighted by Gasteiger charge is -1.99. The van der Waals surface area contributed by atoms with E-state index < -0.39 is 0 Å². The normalized spacial score (nSPS) is 10.2. The van der Waals surface area contributed by atoms with Crippen LogP contribution in [0.5, 0.6) is 0 Å². The number of thioether (sulfide) groups is 1. The van der Waals surface area contributed by atoms with E-state index in [0.717, 1.165) is 20.9 Å². The van der Waals surface area contributed by atoms with Crippen LogP contribution >= 0.6 is 27.7 Å². The molecule has 2 aromatic heterocycles. The Labute approximate surface area is 101 Å². The summed E-state index contributed by atoms with van der Waals surface area (Å²) >= 11 is 4.98. The highest BCUT2D eigenvalue weighted by molar-refractivity contribution is 9.10. The Hall–Kier alpha value is -0.940. The van der Waals surface area contributed by atoms with Gasteiger partial charge in [-0.2, -0.15) is 0 Å². The van der Waals surface area contributed by atoms with Gasteiger partial charge in [0.05, 0.1) is 0 Å². The van der Waals surface area contributed by atoms with E-state index in [-0.39, 0.29) is 0 Å². The van der Waals surface area contributed by atoms with Crippen LogP contribution in [0, 0.1) is 0 Å². The fourth-order valence-electron chi connectivity index (χ4n) is 1.04. The maximum absolute atomic E-state index is 4.14. The van der Waals surface area contributed by atoms with Crippen molar-refractivity contribution in [1.29, 1.82) is 0 Å². The minimum Gasteiger partial charge on any atom is -0.263 e. The number of hydrogen-bond donors (Lipinski definition) is 0. The quantitative estimate of drug-likeness (QED) is 0.641. The molecule has 2 heterocycles. The fourth-order valence-corrected chi connectivity index (χ4v) is 2.18. The van der Waals surface area contributed by atoms with Crippen LogP contribution in [0.15, 0.2) is 46.5 Å². The number of nitrogens with zero attached hydrogens (tertiary/aromatic N) is 3. The number of aromatic nitrogens is 3. The van der Waals surface area contributed by atoms with Crippen molar-refractivity contribution < 1.29 is 0 Å². The van der Waals surface area contributed by atoms with Crippen molar-refractivity contribution in [3.8, 4) is 0 Å². The summed E-state index contributed by atoms with van der Waals surface area (Å²) in [6, 6.07) is 3.85. The molecule has 0 atom stereocenters. The van der Waals surface area contributed by atoms with Gasteiger partial charge in [-0.1, -0.05) is 11.8 Å². The van der Waals surface area contributed by atoms with Gasteiger partial charge in [0.1, 0.15) is 0 Å². The highest BCUT2D eigenvalue weighted by Crippen LogP contribution is 2.19. The van der Waals surface area contributed by atoms with Crippen molar-refractivity contribution >= 4 is 27.7 Å². The first kappa shape index (κ1) is 10.6. The molecule has 5 heteroatoms. The summed E-state index contributed by atoms with van der Waals surface area (Å²) in [6.07, 6.45) is 7.11. The average Bonchev–Trinajstić information content (AvgIpc) is 2.28. The first-order valence-electron chi connectivity index (χ1n) is 4.34. The Bertz CT molecular complexity index is 436. The van der Waals surface area contributed by atoms with Crippen molar-refractivity contribution in [3.63, 3.8) is 0 Å². The lowest BCUT2D eigenvalue weighted by atomic mass is 10.3. The zero-order chi connectivity index (χ0) is 10.5.